The Morgan fingerprint density at radius 2 is 1.46 bits per heavy atom. The molecule has 4 heteroatoms. The van der Waals surface area contributed by atoms with E-state index >= 15 is 0 Å². The lowest BCUT2D eigenvalue weighted by atomic mass is 9.98. The van der Waals surface area contributed by atoms with Gasteiger partial charge in [-0.2, -0.15) is 0 Å². The number of hydrogen-bond acceptors (Lipinski definition) is 2. The number of aromatic nitrogens is 2. The molecule has 2 N–H and O–H groups in total. The van der Waals surface area contributed by atoms with Crippen LogP contribution in [0.2, 0.25) is 0 Å². The van der Waals surface area contributed by atoms with E-state index in [9.17, 15) is 4.79 Å². The van der Waals surface area contributed by atoms with Crippen LogP contribution in [0.15, 0.2) is 84.9 Å². The van der Waals surface area contributed by atoms with Crippen molar-refractivity contribution in [3.8, 4) is 0 Å². The fourth-order valence-corrected chi connectivity index (χ4v) is 3.42. The van der Waals surface area contributed by atoms with Crippen LogP contribution in [-0.2, 0) is 11.2 Å². The lowest BCUT2D eigenvalue weighted by molar-refractivity contribution is -0.121. The van der Waals surface area contributed by atoms with Crippen LogP contribution < -0.4 is 5.32 Å². The molecule has 0 unspecified atom stereocenters. The van der Waals surface area contributed by atoms with Crippen LogP contribution in [0.5, 0.6) is 0 Å². The second kappa shape index (κ2) is 8.53. The number of fused-ring (bicyclic) bond motifs is 1. The predicted octanol–water partition coefficient (Wildman–Crippen LogP) is 4.79. The number of hydrogen-bond donors (Lipinski definition) is 2. The monoisotopic (exact) mass is 369 g/mol. The van der Waals surface area contributed by atoms with Gasteiger partial charge < -0.3 is 10.3 Å². The molecule has 0 aliphatic rings. The van der Waals surface area contributed by atoms with Gasteiger partial charge in [-0.25, -0.2) is 4.98 Å². The molecule has 1 heterocycles. The van der Waals surface area contributed by atoms with E-state index in [4.69, 9.17) is 0 Å². The standard InChI is InChI=1S/C24H23N3O/c28-23(17-9-16-22-25-20-14-7-8-15-21(20)26-22)27-24(18-10-3-1-4-11-18)19-12-5-2-6-13-19/h1-8,10-15,24H,9,16-17H2,(H,25,26)(H,27,28). The molecule has 0 fully saturated rings. The van der Waals surface area contributed by atoms with Gasteiger partial charge in [-0.1, -0.05) is 72.8 Å². The fraction of sp³-hybridized carbons (Fsp3) is 0.167. The van der Waals surface area contributed by atoms with Crippen molar-refractivity contribution < 1.29 is 4.79 Å². The van der Waals surface area contributed by atoms with Crippen molar-refractivity contribution in [2.24, 2.45) is 0 Å². The second-order valence-electron chi connectivity index (χ2n) is 6.88. The lowest BCUT2D eigenvalue weighted by Gasteiger charge is -2.20. The summed E-state index contributed by atoms with van der Waals surface area (Å²) in [5.74, 6) is 0.977. The van der Waals surface area contributed by atoms with Crippen LogP contribution in [0.3, 0.4) is 0 Å². The van der Waals surface area contributed by atoms with Crippen LogP contribution in [0.1, 0.15) is 35.8 Å². The summed E-state index contributed by atoms with van der Waals surface area (Å²) in [4.78, 5) is 20.5. The minimum Gasteiger partial charge on any atom is -0.345 e. The van der Waals surface area contributed by atoms with Crippen molar-refractivity contribution in [3.05, 3.63) is 102 Å². The molecule has 0 aliphatic carbocycles. The third-order valence-electron chi connectivity index (χ3n) is 4.83. The van der Waals surface area contributed by atoms with Gasteiger partial charge in [0.2, 0.25) is 5.91 Å². The van der Waals surface area contributed by atoms with Crippen LogP contribution in [0, 0.1) is 0 Å². The molecule has 0 spiro atoms. The third-order valence-corrected chi connectivity index (χ3v) is 4.83. The normalized spacial score (nSPS) is 11.0. The number of amides is 1. The van der Waals surface area contributed by atoms with Crippen LogP contribution in [-0.4, -0.2) is 15.9 Å². The molecule has 0 radical (unpaired) electrons. The topological polar surface area (TPSA) is 57.8 Å². The smallest absolute Gasteiger partial charge is 0.220 e. The molecule has 1 aromatic heterocycles. The maximum absolute atomic E-state index is 12.6. The summed E-state index contributed by atoms with van der Waals surface area (Å²) in [6, 6.07) is 28.0. The molecule has 4 aromatic rings. The van der Waals surface area contributed by atoms with Gasteiger partial charge in [0.05, 0.1) is 17.1 Å². The molecule has 0 saturated carbocycles. The molecule has 140 valence electrons. The maximum atomic E-state index is 12.6. The molecule has 0 atom stereocenters. The number of nitrogens with zero attached hydrogens (tertiary/aromatic N) is 1. The molecule has 4 nitrogen and oxygen atoms in total. The number of imidazole rings is 1. The molecule has 0 bridgehead atoms. The molecular weight excluding hydrogens is 346 g/mol. The summed E-state index contributed by atoms with van der Waals surface area (Å²) in [5.41, 5.74) is 4.17. The molecular formula is C24H23N3O. The summed E-state index contributed by atoms with van der Waals surface area (Å²) >= 11 is 0. The molecule has 1 amide bonds. The number of carbonyl (C=O) groups excluding carboxylic acids is 1. The van der Waals surface area contributed by atoms with Crippen molar-refractivity contribution in [3.63, 3.8) is 0 Å². The Morgan fingerprint density at radius 3 is 2.11 bits per heavy atom. The zero-order valence-electron chi connectivity index (χ0n) is 15.6. The fourth-order valence-electron chi connectivity index (χ4n) is 3.42. The van der Waals surface area contributed by atoms with E-state index in [-0.39, 0.29) is 11.9 Å². The minimum atomic E-state index is -0.138. The van der Waals surface area contributed by atoms with Crippen molar-refractivity contribution in [1.29, 1.82) is 0 Å². The van der Waals surface area contributed by atoms with Crippen LogP contribution >= 0.6 is 0 Å². The van der Waals surface area contributed by atoms with E-state index in [0.29, 0.717) is 6.42 Å². The number of rotatable bonds is 7. The van der Waals surface area contributed by atoms with Crippen molar-refractivity contribution >= 4 is 16.9 Å². The Hall–Kier alpha value is -3.40. The first kappa shape index (κ1) is 18.0. The van der Waals surface area contributed by atoms with Gasteiger partial charge in [-0.15, -0.1) is 0 Å². The average molecular weight is 369 g/mol. The van der Waals surface area contributed by atoms with Crippen molar-refractivity contribution in [2.75, 3.05) is 0 Å². The highest BCUT2D eigenvalue weighted by molar-refractivity contribution is 5.77. The van der Waals surface area contributed by atoms with Crippen molar-refractivity contribution in [2.45, 2.75) is 25.3 Å². The number of benzene rings is 3. The Bertz CT molecular complexity index is 969. The van der Waals surface area contributed by atoms with Gasteiger partial charge in [0.25, 0.3) is 0 Å². The van der Waals surface area contributed by atoms with E-state index in [2.05, 4.69) is 15.3 Å². The zero-order valence-corrected chi connectivity index (χ0v) is 15.6. The first-order chi connectivity index (χ1) is 13.8. The minimum absolute atomic E-state index is 0.0498. The zero-order chi connectivity index (χ0) is 19.2. The second-order valence-corrected chi connectivity index (χ2v) is 6.88. The Labute approximate surface area is 164 Å². The lowest BCUT2D eigenvalue weighted by Crippen LogP contribution is -2.29. The quantitative estimate of drug-likeness (QED) is 0.492. The SMILES string of the molecule is O=C(CCCc1nc2ccccc2[nH]1)NC(c1ccccc1)c1ccccc1. The van der Waals surface area contributed by atoms with Crippen molar-refractivity contribution in [1.82, 2.24) is 15.3 Å². The molecule has 4 rings (SSSR count). The third kappa shape index (κ3) is 4.29. The van der Waals surface area contributed by atoms with Gasteiger partial charge >= 0.3 is 0 Å². The number of H-pyrrole nitrogens is 1. The Kier molecular flexibility index (Phi) is 5.48. The Balaban J connectivity index is 1.39. The summed E-state index contributed by atoms with van der Waals surface area (Å²) in [5, 5.41) is 3.19. The number of aromatic amines is 1. The summed E-state index contributed by atoms with van der Waals surface area (Å²) in [7, 11) is 0. The predicted molar refractivity (Wildman–Crippen MR) is 112 cm³/mol. The van der Waals surface area contributed by atoms with E-state index in [1.165, 1.54) is 0 Å². The van der Waals surface area contributed by atoms with Gasteiger partial charge in [-0.05, 0) is 29.7 Å². The number of nitrogens with one attached hydrogen (secondary N) is 2. The largest absolute Gasteiger partial charge is 0.345 e. The van der Waals surface area contributed by atoms with E-state index in [0.717, 1.165) is 40.8 Å². The molecule has 28 heavy (non-hydrogen) atoms. The maximum Gasteiger partial charge on any atom is 0.220 e. The molecule has 3 aromatic carbocycles. The number of para-hydroxylation sites is 2. The Morgan fingerprint density at radius 1 is 0.857 bits per heavy atom. The molecule has 0 saturated heterocycles. The summed E-state index contributed by atoms with van der Waals surface area (Å²) in [6.45, 7) is 0. The van der Waals surface area contributed by atoms with Gasteiger partial charge in [-0.3, -0.25) is 4.79 Å². The van der Waals surface area contributed by atoms with Gasteiger partial charge in [0, 0.05) is 12.8 Å². The van der Waals surface area contributed by atoms with Gasteiger partial charge in [0.15, 0.2) is 0 Å². The number of aryl methyl sites for hydroxylation is 1. The van der Waals surface area contributed by atoms with E-state index < -0.39 is 0 Å². The highest BCUT2D eigenvalue weighted by Gasteiger charge is 2.16. The van der Waals surface area contributed by atoms with Crippen LogP contribution in [0.4, 0.5) is 0 Å². The van der Waals surface area contributed by atoms with E-state index in [1.54, 1.807) is 0 Å². The summed E-state index contributed by atoms with van der Waals surface area (Å²) in [6.07, 6.45) is 1.97. The number of carbonyl (C=O) groups is 1. The first-order valence-corrected chi connectivity index (χ1v) is 9.62. The highest BCUT2D eigenvalue weighted by atomic mass is 16.1. The van der Waals surface area contributed by atoms with E-state index in [1.807, 2.05) is 84.9 Å². The molecule has 0 aliphatic heterocycles. The first-order valence-electron chi connectivity index (χ1n) is 9.62. The summed E-state index contributed by atoms with van der Waals surface area (Å²) < 4.78 is 0. The average Bonchev–Trinajstić information content (AvgIpc) is 3.16. The van der Waals surface area contributed by atoms with Gasteiger partial charge in [0.1, 0.15) is 5.82 Å². The highest BCUT2D eigenvalue weighted by Crippen LogP contribution is 2.22. The van der Waals surface area contributed by atoms with Crippen LogP contribution in [0.25, 0.3) is 11.0 Å².